The number of aliphatic hydroxyl groups is 1. The first-order chi connectivity index (χ1) is 8.32. The van der Waals surface area contributed by atoms with Crippen LogP contribution in [0.15, 0.2) is 18.2 Å². The van der Waals surface area contributed by atoms with Gasteiger partial charge in [0.15, 0.2) is 0 Å². The van der Waals surface area contributed by atoms with Crippen LogP contribution in [0, 0.1) is 11.6 Å². The van der Waals surface area contributed by atoms with Gasteiger partial charge in [-0.25, -0.2) is 8.78 Å². The van der Waals surface area contributed by atoms with Crippen LogP contribution in [-0.4, -0.2) is 28.3 Å². The molecular weight excluding hydrogens is 244 g/mol. The summed E-state index contributed by atoms with van der Waals surface area (Å²) in [5, 5.41) is 21.2. The first-order valence-electron chi connectivity index (χ1n) is 5.44. The number of carboxylic acids is 1. The van der Waals surface area contributed by atoms with Crippen LogP contribution >= 0.6 is 0 Å². The molecule has 18 heavy (non-hydrogen) atoms. The number of hydrogen-bond acceptors (Lipinski definition) is 3. The minimum absolute atomic E-state index is 0.201. The number of carboxylic acid groups (broad SMARTS) is 1. The molecule has 1 aromatic rings. The zero-order chi connectivity index (χ0) is 13.9. The van der Waals surface area contributed by atoms with Gasteiger partial charge in [-0.05, 0) is 32.0 Å². The predicted octanol–water partition coefficient (Wildman–Crippen LogP) is 1.45. The Morgan fingerprint density at radius 3 is 2.50 bits per heavy atom. The molecule has 0 bridgehead atoms. The molecule has 0 aliphatic heterocycles. The molecule has 0 saturated heterocycles. The fourth-order valence-corrected chi connectivity index (χ4v) is 1.57. The minimum Gasteiger partial charge on any atom is -0.480 e. The molecule has 3 unspecified atom stereocenters. The lowest BCUT2D eigenvalue weighted by Crippen LogP contribution is -2.42. The second-order valence-electron chi connectivity index (χ2n) is 4.13. The molecule has 1 rings (SSSR count). The summed E-state index contributed by atoms with van der Waals surface area (Å²) in [7, 11) is 0. The van der Waals surface area contributed by atoms with Crippen molar-refractivity contribution in [2.24, 2.45) is 0 Å². The van der Waals surface area contributed by atoms with Gasteiger partial charge in [-0.1, -0.05) is 0 Å². The summed E-state index contributed by atoms with van der Waals surface area (Å²) in [6, 6.07) is 1.13. The van der Waals surface area contributed by atoms with Gasteiger partial charge in [0, 0.05) is 11.6 Å². The van der Waals surface area contributed by atoms with E-state index >= 15 is 0 Å². The third-order valence-corrected chi connectivity index (χ3v) is 2.63. The van der Waals surface area contributed by atoms with E-state index in [0.717, 1.165) is 18.2 Å². The minimum atomic E-state index is -1.33. The van der Waals surface area contributed by atoms with Gasteiger partial charge in [-0.15, -0.1) is 0 Å². The number of rotatable bonds is 5. The van der Waals surface area contributed by atoms with Crippen LogP contribution in [0.3, 0.4) is 0 Å². The van der Waals surface area contributed by atoms with Gasteiger partial charge in [0.05, 0.1) is 6.10 Å². The molecule has 4 nitrogen and oxygen atoms in total. The number of hydrogen-bond donors (Lipinski definition) is 3. The molecule has 0 spiro atoms. The number of halogens is 2. The van der Waals surface area contributed by atoms with Crippen LogP contribution in [0.5, 0.6) is 0 Å². The van der Waals surface area contributed by atoms with E-state index < -0.39 is 35.8 Å². The summed E-state index contributed by atoms with van der Waals surface area (Å²) in [5.41, 5.74) is -0.201. The topological polar surface area (TPSA) is 69.6 Å². The summed E-state index contributed by atoms with van der Waals surface area (Å²) in [6.45, 7) is 2.89. The molecule has 100 valence electrons. The number of carbonyl (C=O) groups is 1. The van der Waals surface area contributed by atoms with Crippen molar-refractivity contribution >= 4 is 5.97 Å². The second kappa shape index (κ2) is 5.88. The Bertz CT molecular complexity index is 439. The van der Waals surface area contributed by atoms with E-state index in [1.807, 2.05) is 0 Å². The van der Waals surface area contributed by atoms with E-state index in [9.17, 15) is 18.7 Å². The number of benzene rings is 1. The Labute approximate surface area is 103 Å². The Hall–Kier alpha value is -1.53. The van der Waals surface area contributed by atoms with E-state index in [-0.39, 0.29) is 5.56 Å². The van der Waals surface area contributed by atoms with Gasteiger partial charge in [-0.2, -0.15) is 0 Å². The molecular formula is C12H15F2NO3. The van der Waals surface area contributed by atoms with Gasteiger partial charge in [-0.3, -0.25) is 10.1 Å². The molecule has 1 aromatic carbocycles. The maximum absolute atomic E-state index is 13.4. The first kappa shape index (κ1) is 14.5. The zero-order valence-electron chi connectivity index (χ0n) is 10.0. The normalized spacial score (nSPS) is 16.1. The van der Waals surface area contributed by atoms with Crippen molar-refractivity contribution < 1.29 is 23.8 Å². The molecule has 0 amide bonds. The highest BCUT2D eigenvalue weighted by Gasteiger charge is 2.23. The van der Waals surface area contributed by atoms with Crippen LogP contribution in [0.25, 0.3) is 0 Å². The zero-order valence-corrected chi connectivity index (χ0v) is 10.0. The fourth-order valence-electron chi connectivity index (χ4n) is 1.57. The maximum atomic E-state index is 13.4. The molecule has 0 fully saturated rings. The third-order valence-electron chi connectivity index (χ3n) is 2.63. The SMILES string of the molecule is CC(NC(C)C(O)c1cc(F)ccc1F)C(=O)O. The lowest BCUT2D eigenvalue weighted by Gasteiger charge is -2.23. The summed E-state index contributed by atoms with van der Waals surface area (Å²) in [4.78, 5) is 10.6. The average Bonchev–Trinajstić information content (AvgIpc) is 2.31. The Kier molecular flexibility index (Phi) is 4.75. The lowest BCUT2D eigenvalue weighted by atomic mass is 10.0. The van der Waals surface area contributed by atoms with Gasteiger partial charge >= 0.3 is 5.97 Å². The van der Waals surface area contributed by atoms with Gasteiger partial charge in [0.1, 0.15) is 17.7 Å². The molecule has 3 atom stereocenters. The average molecular weight is 259 g/mol. The highest BCUT2D eigenvalue weighted by molar-refractivity contribution is 5.72. The molecule has 0 radical (unpaired) electrons. The quantitative estimate of drug-likeness (QED) is 0.748. The monoisotopic (exact) mass is 259 g/mol. The molecule has 0 aliphatic carbocycles. The smallest absolute Gasteiger partial charge is 0.320 e. The van der Waals surface area contributed by atoms with Crippen molar-refractivity contribution in [3.8, 4) is 0 Å². The van der Waals surface area contributed by atoms with Crippen LogP contribution in [0.2, 0.25) is 0 Å². The van der Waals surface area contributed by atoms with Crippen molar-refractivity contribution in [1.82, 2.24) is 5.32 Å². The second-order valence-corrected chi connectivity index (χ2v) is 4.13. The van der Waals surface area contributed by atoms with Crippen LogP contribution < -0.4 is 5.32 Å². The third kappa shape index (κ3) is 3.48. The van der Waals surface area contributed by atoms with Crippen LogP contribution in [-0.2, 0) is 4.79 Å². The highest BCUT2D eigenvalue weighted by Crippen LogP contribution is 2.21. The van der Waals surface area contributed by atoms with Gasteiger partial charge in [0.2, 0.25) is 0 Å². The molecule has 0 heterocycles. The first-order valence-corrected chi connectivity index (χ1v) is 5.44. The molecule has 0 aromatic heterocycles. The summed E-state index contributed by atoms with van der Waals surface area (Å²) in [5.74, 6) is -2.49. The molecule has 0 aliphatic rings. The van der Waals surface area contributed by atoms with Gasteiger partial charge < -0.3 is 10.2 Å². The van der Waals surface area contributed by atoms with Crippen molar-refractivity contribution in [3.63, 3.8) is 0 Å². The van der Waals surface area contributed by atoms with Crippen LogP contribution in [0.1, 0.15) is 25.5 Å². The standard InChI is InChI=1S/C12H15F2NO3/c1-6(15-7(2)12(17)18)11(16)9-5-8(13)3-4-10(9)14/h3-7,11,15-16H,1-2H3,(H,17,18). The summed E-state index contributed by atoms with van der Waals surface area (Å²) < 4.78 is 26.4. The number of aliphatic hydroxyl groups excluding tert-OH is 1. The number of aliphatic carboxylic acids is 1. The lowest BCUT2D eigenvalue weighted by molar-refractivity contribution is -0.139. The predicted molar refractivity (Wildman–Crippen MR) is 61.0 cm³/mol. The maximum Gasteiger partial charge on any atom is 0.320 e. The summed E-state index contributed by atoms with van der Waals surface area (Å²) in [6.07, 6.45) is -1.33. The van der Waals surface area contributed by atoms with Crippen molar-refractivity contribution in [1.29, 1.82) is 0 Å². The largest absolute Gasteiger partial charge is 0.480 e. The Morgan fingerprint density at radius 2 is 1.94 bits per heavy atom. The van der Waals surface area contributed by atoms with Crippen LogP contribution in [0.4, 0.5) is 8.78 Å². The van der Waals surface area contributed by atoms with E-state index in [1.165, 1.54) is 13.8 Å². The van der Waals surface area contributed by atoms with Crippen molar-refractivity contribution in [3.05, 3.63) is 35.4 Å². The molecule has 3 N–H and O–H groups in total. The number of nitrogens with one attached hydrogen (secondary N) is 1. The Morgan fingerprint density at radius 1 is 1.33 bits per heavy atom. The Balaban J connectivity index is 2.82. The van der Waals surface area contributed by atoms with E-state index in [2.05, 4.69) is 5.32 Å². The van der Waals surface area contributed by atoms with Crippen molar-refractivity contribution in [2.75, 3.05) is 0 Å². The van der Waals surface area contributed by atoms with Crippen molar-refractivity contribution in [2.45, 2.75) is 32.0 Å². The molecule has 0 saturated carbocycles. The van der Waals surface area contributed by atoms with E-state index in [1.54, 1.807) is 0 Å². The highest BCUT2D eigenvalue weighted by atomic mass is 19.1. The van der Waals surface area contributed by atoms with E-state index in [0.29, 0.717) is 0 Å². The fraction of sp³-hybridized carbons (Fsp3) is 0.417. The summed E-state index contributed by atoms with van der Waals surface area (Å²) >= 11 is 0. The van der Waals surface area contributed by atoms with E-state index in [4.69, 9.17) is 5.11 Å². The molecule has 6 heteroatoms. The van der Waals surface area contributed by atoms with Gasteiger partial charge in [0.25, 0.3) is 0 Å².